The summed E-state index contributed by atoms with van der Waals surface area (Å²) < 4.78 is 11.8. The third kappa shape index (κ3) is 4.49. The summed E-state index contributed by atoms with van der Waals surface area (Å²) in [6, 6.07) is 8.99. The maximum Gasteiger partial charge on any atom is 0.335 e. The number of carbonyl (C=O) groups excluding carboxylic acids is 3. The predicted octanol–water partition coefficient (Wildman–Crippen LogP) is 4.57. The molecule has 3 rings (SSSR count). The van der Waals surface area contributed by atoms with Crippen LogP contribution in [-0.2, 0) is 9.59 Å². The Balaban J connectivity index is 2.04. The summed E-state index contributed by atoms with van der Waals surface area (Å²) in [5, 5.41) is 2.46. The number of hydrogen-bond donors (Lipinski definition) is 1. The van der Waals surface area contributed by atoms with E-state index >= 15 is 0 Å². The van der Waals surface area contributed by atoms with Crippen molar-refractivity contribution >= 4 is 57.1 Å². The zero-order valence-corrected chi connectivity index (χ0v) is 18.5. The zero-order chi connectivity index (χ0) is 21.8. The maximum absolute atomic E-state index is 13.0. The minimum atomic E-state index is -0.819. The first-order valence-electron chi connectivity index (χ1n) is 9.11. The van der Waals surface area contributed by atoms with E-state index in [1.807, 2.05) is 13.8 Å². The molecule has 0 saturated carbocycles. The van der Waals surface area contributed by atoms with E-state index in [0.717, 1.165) is 4.90 Å². The second-order valence-corrected chi connectivity index (χ2v) is 7.46. The first-order chi connectivity index (χ1) is 14.3. The van der Waals surface area contributed by atoms with Crippen molar-refractivity contribution in [3.63, 3.8) is 0 Å². The number of imide groups is 2. The summed E-state index contributed by atoms with van der Waals surface area (Å²) >= 11 is 9.62. The summed E-state index contributed by atoms with van der Waals surface area (Å²) in [6.07, 6.45) is 1.36. The van der Waals surface area contributed by atoms with Crippen LogP contribution in [0.3, 0.4) is 0 Å². The van der Waals surface area contributed by atoms with Crippen LogP contribution < -0.4 is 19.7 Å². The standard InChI is InChI=1S/C21H18BrClN2O5/c1-3-29-17-10-12(9-16(23)18(17)30-4-2)8-15-19(26)24-21(28)25(20(15)27)14-7-5-6-13(22)11-14/h5-11H,3-4H2,1-2H3,(H,24,26,28)/b15-8+. The number of anilines is 1. The SMILES string of the molecule is CCOc1cc(/C=C2\C(=O)NC(=O)N(c3cccc(Br)c3)C2=O)cc(Cl)c1OCC. The van der Waals surface area contributed by atoms with Gasteiger partial charge in [0.05, 0.1) is 23.9 Å². The molecule has 0 spiro atoms. The highest BCUT2D eigenvalue weighted by atomic mass is 79.9. The first-order valence-corrected chi connectivity index (χ1v) is 10.3. The number of hydrogen-bond acceptors (Lipinski definition) is 5. The Morgan fingerprint density at radius 3 is 2.50 bits per heavy atom. The van der Waals surface area contributed by atoms with Gasteiger partial charge in [-0.15, -0.1) is 0 Å². The minimum absolute atomic E-state index is 0.211. The number of nitrogens with zero attached hydrogens (tertiary/aromatic N) is 1. The molecule has 2 aromatic rings. The quantitative estimate of drug-likeness (QED) is 0.471. The molecule has 30 heavy (non-hydrogen) atoms. The van der Waals surface area contributed by atoms with E-state index in [9.17, 15) is 14.4 Å². The van der Waals surface area contributed by atoms with Crippen molar-refractivity contribution in [1.29, 1.82) is 0 Å². The summed E-state index contributed by atoms with van der Waals surface area (Å²) in [4.78, 5) is 38.6. The van der Waals surface area contributed by atoms with Crippen LogP contribution in [0, 0.1) is 0 Å². The summed E-state index contributed by atoms with van der Waals surface area (Å²) in [5.41, 5.74) is 0.566. The highest BCUT2D eigenvalue weighted by Crippen LogP contribution is 2.37. The third-order valence-corrected chi connectivity index (χ3v) is 4.87. The number of barbiturate groups is 1. The molecule has 0 radical (unpaired) electrons. The molecule has 1 saturated heterocycles. The Hall–Kier alpha value is -2.84. The molecule has 0 atom stereocenters. The van der Waals surface area contributed by atoms with Gasteiger partial charge in [-0.25, -0.2) is 9.69 Å². The second-order valence-electron chi connectivity index (χ2n) is 6.13. The number of benzene rings is 2. The number of ether oxygens (including phenoxy) is 2. The molecule has 0 aromatic heterocycles. The average Bonchev–Trinajstić information content (AvgIpc) is 2.68. The van der Waals surface area contributed by atoms with Crippen molar-refractivity contribution < 1.29 is 23.9 Å². The molecule has 2 aromatic carbocycles. The van der Waals surface area contributed by atoms with E-state index in [2.05, 4.69) is 21.2 Å². The molecule has 0 unspecified atom stereocenters. The molecule has 0 aliphatic carbocycles. The van der Waals surface area contributed by atoms with Gasteiger partial charge in [-0.3, -0.25) is 14.9 Å². The molecule has 7 nitrogen and oxygen atoms in total. The lowest BCUT2D eigenvalue weighted by Gasteiger charge is -2.26. The van der Waals surface area contributed by atoms with Gasteiger partial charge in [-0.2, -0.15) is 0 Å². The van der Waals surface area contributed by atoms with E-state index in [4.69, 9.17) is 21.1 Å². The van der Waals surface area contributed by atoms with Crippen LogP contribution in [0.15, 0.2) is 46.4 Å². The molecule has 9 heteroatoms. The summed E-state index contributed by atoms with van der Waals surface area (Å²) in [5.74, 6) is -0.764. The summed E-state index contributed by atoms with van der Waals surface area (Å²) in [7, 11) is 0. The fourth-order valence-electron chi connectivity index (χ4n) is 2.89. The molecule has 0 bridgehead atoms. The van der Waals surface area contributed by atoms with Crippen LogP contribution in [0.5, 0.6) is 11.5 Å². The Labute approximate surface area is 186 Å². The number of nitrogens with one attached hydrogen (secondary N) is 1. The Bertz CT molecular complexity index is 1050. The summed E-state index contributed by atoms with van der Waals surface area (Å²) in [6.45, 7) is 4.40. The minimum Gasteiger partial charge on any atom is -0.490 e. The number of rotatable bonds is 6. The van der Waals surface area contributed by atoms with Crippen molar-refractivity contribution in [2.24, 2.45) is 0 Å². The van der Waals surface area contributed by atoms with Crippen LogP contribution in [0.25, 0.3) is 6.08 Å². The van der Waals surface area contributed by atoms with Crippen molar-refractivity contribution in [1.82, 2.24) is 5.32 Å². The van der Waals surface area contributed by atoms with Gasteiger partial charge in [0.25, 0.3) is 11.8 Å². The molecule has 1 aliphatic rings. The van der Waals surface area contributed by atoms with Crippen molar-refractivity contribution in [2.45, 2.75) is 13.8 Å². The van der Waals surface area contributed by atoms with Gasteiger partial charge in [0.2, 0.25) is 0 Å². The van der Waals surface area contributed by atoms with Crippen molar-refractivity contribution in [3.05, 3.63) is 57.0 Å². The van der Waals surface area contributed by atoms with E-state index in [1.165, 1.54) is 6.08 Å². The van der Waals surface area contributed by atoms with Crippen LogP contribution in [0.2, 0.25) is 5.02 Å². The highest BCUT2D eigenvalue weighted by Gasteiger charge is 2.37. The van der Waals surface area contributed by atoms with Gasteiger partial charge in [0.1, 0.15) is 5.57 Å². The highest BCUT2D eigenvalue weighted by molar-refractivity contribution is 9.10. The number of halogens is 2. The Morgan fingerprint density at radius 1 is 1.10 bits per heavy atom. The zero-order valence-electron chi connectivity index (χ0n) is 16.2. The van der Waals surface area contributed by atoms with Gasteiger partial charge in [0.15, 0.2) is 11.5 Å². The molecule has 1 N–H and O–H groups in total. The molecule has 1 aliphatic heterocycles. The maximum atomic E-state index is 13.0. The lowest BCUT2D eigenvalue weighted by molar-refractivity contribution is -0.122. The van der Waals surface area contributed by atoms with Crippen LogP contribution in [0.1, 0.15) is 19.4 Å². The molecule has 4 amide bonds. The molecular weight excluding hydrogens is 476 g/mol. The Morgan fingerprint density at radius 2 is 1.83 bits per heavy atom. The molecule has 1 heterocycles. The predicted molar refractivity (Wildman–Crippen MR) is 117 cm³/mol. The second kappa shape index (κ2) is 9.32. The fraction of sp³-hybridized carbons (Fsp3) is 0.190. The number of carbonyl (C=O) groups is 3. The largest absolute Gasteiger partial charge is 0.490 e. The van der Waals surface area contributed by atoms with Crippen molar-refractivity contribution in [3.8, 4) is 11.5 Å². The first kappa shape index (κ1) is 21.9. The smallest absolute Gasteiger partial charge is 0.335 e. The number of amides is 4. The van der Waals surface area contributed by atoms with E-state index < -0.39 is 17.8 Å². The van der Waals surface area contributed by atoms with Crippen LogP contribution in [0.4, 0.5) is 10.5 Å². The molecular formula is C21H18BrClN2O5. The van der Waals surface area contributed by atoms with E-state index in [0.29, 0.717) is 40.4 Å². The lowest BCUT2D eigenvalue weighted by atomic mass is 10.1. The Kier molecular flexibility index (Phi) is 6.79. The van der Waals surface area contributed by atoms with Gasteiger partial charge in [-0.1, -0.05) is 33.6 Å². The number of urea groups is 1. The fourth-order valence-corrected chi connectivity index (χ4v) is 3.55. The van der Waals surface area contributed by atoms with Gasteiger partial charge < -0.3 is 9.47 Å². The van der Waals surface area contributed by atoms with Gasteiger partial charge in [-0.05, 0) is 55.8 Å². The molecule has 1 fully saturated rings. The third-order valence-electron chi connectivity index (χ3n) is 4.10. The van der Waals surface area contributed by atoms with Gasteiger partial charge in [0, 0.05) is 4.47 Å². The lowest BCUT2D eigenvalue weighted by Crippen LogP contribution is -2.54. The topological polar surface area (TPSA) is 84.9 Å². The van der Waals surface area contributed by atoms with E-state index in [1.54, 1.807) is 36.4 Å². The normalized spacial score (nSPS) is 15.4. The van der Waals surface area contributed by atoms with E-state index in [-0.39, 0.29) is 10.6 Å². The van der Waals surface area contributed by atoms with Crippen LogP contribution >= 0.6 is 27.5 Å². The molecule has 156 valence electrons. The van der Waals surface area contributed by atoms with Crippen molar-refractivity contribution in [2.75, 3.05) is 18.1 Å². The van der Waals surface area contributed by atoms with Gasteiger partial charge >= 0.3 is 6.03 Å². The van der Waals surface area contributed by atoms with Crippen LogP contribution in [-0.4, -0.2) is 31.1 Å². The monoisotopic (exact) mass is 492 g/mol. The average molecular weight is 494 g/mol.